The molecule has 3 nitrogen and oxygen atoms in total. The van der Waals surface area contributed by atoms with E-state index >= 15 is 0 Å². The highest BCUT2D eigenvalue weighted by Crippen LogP contribution is 2.67. The molecule has 4 rings (SSSR count). The molecule has 0 bridgehead atoms. The van der Waals surface area contributed by atoms with Gasteiger partial charge >= 0.3 is 0 Å². The van der Waals surface area contributed by atoms with Crippen LogP contribution in [0, 0.1) is 46.8 Å². The Labute approximate surface area is 150 Å². The number of hydrogen-bond acceptors (Lipinski definition) is 3. The Balaban J connectivity index is 1.70. The first kappa shape index (κ1) is 17.3. The molecule has 0 radical (unpaired) electrons. The first-order valence-corrected chi connectivity index (χ1v) is 9.85. The second kappa shape index (κ2) is 5.44. The minimum absolute atomic E-state index is 0.0163. The number of aliphatic hydroxyl groups is 2. The van der Waals surface area contributed by atoms with Gasteiger partial charge in [0.05, 0.1) is 6.61 Å². The fraction of sp³-hybridized carbons (Fsp3) is 0.773. The van der Waals surface area contributed by atoms with Crippen LogP contribution in [-0.2, 0) is 4.79 Å². The molecule has 3 heteroatoms. The van der Waals surface area contributed by atoms with E-state index in [-0.39, 0.29) is 29.1 Å². The van der Waals surface area contributed by atoms with Crippen LogP contribution in [0.2, 0.25) is 0 Å². The van der Waals surface area contributed by atoms with Gasteiger partial charge in [-0.3, -0.25) is 4.79 Å². The zero-order valence-electron chi connectivity index (χ0n) is 15.4. The van der Waals surface area contributed by atoms with Gasteiger partial charge in [-0.15, -0.1) is 6.42 Å². The summed E-state index contributed by atoms with van der Waals surface area (Å²) in [7, 11) is 0. The van der Waals surface area contributed by atoms with Crippen LogP contribution in [0.3, 0.4) is 0 Å². The smallest absolute Gasteiger partial charge is 0.161 e. The van der Waals surface area contributed by atoms with Crippen LogP contribution in [0.15, 0.2) is 11.6 Å². The van der Waals surface area contributed by atoms with Gasteiger partial charge in [-0.25, -0.2) is 0 Å². The summed E-state index contributed by atoms with van der Waals surface area (Å²) in [5, 5.41) is 20.7. The number of fused-ring (bicyclic) bond motifs is 5. The van der Waals surface area contributed by atoms with Crippen LogP contribution < -0.4 is 0 Å². The molecule has 0 spiro atoms. The molecule has 3 fully saturated rings. The summed E-state index contributed by atoms with van der Waals surface area (Å²) < 4.78 is 0. The molecule has 136 valence electrons. The Hall–Kier alpha value is -1.11. The molecule has 3 saturated carbocycles. The number of aliphatic hydroxyl groups excluding tert-OH is 1. The van der Waals surface area contributed by atoms with E-state index in [1.54, 1.807) is 0 Å². The summed E-state index contributed by atoms with van der Waals surface area (Å²) in [6.45, 7) is 4.47. The van der Waals surface area contributed by atoms with Gasteiger partial charge in [0, 0.05) is 11.3 Å². The molecule has 0 saturated heterocycles. The molecule has 2 N–H and O–H groups in total. The van der Waals surface area contributed by atoms with E-state index in [0.717, 1.165) is 38.5 Å². The predicted octanol–water partition coefficient (Wildman–Crippen LogP) is 3.10. The number of carbonyl (C=O) groups is 1. The maximum atomic E-state index is 12.2. The third-order valence-electron chi connectivity index (χ3n) is 8.74. The summed E-state index contributed by atoms with van der Waals surface area (Å²) in [4.78, 5) is 12.2. The number of carbonyl (C=O) groups excluding carboxylic acids is 1. The van der Waals surface area contributed by atoms with Crippen molar-refractivity contribution < 1.29 is 15.0 Å². The van der Waals surface area contributed by atoms with Gasteiger partial charge in [0.15, 0.2) is 5.78 Å². The highest BCUT2D eigenvalue weighted by molar-refractivity contribution is 5.93. The zero-order chi connectivity index (χ0) is 18.0. The molecule has 25 heavy (non-hydrogen) atoms. The molecule has 4 aliphatic rings. The minimum Gasteiger partial charge on any atom is -0.396 e. The number of ketones is 1. The summed E-state index contributed by atoms with van der Waals surface area (Å²) >= 11 is 0. The lowest BCUT2D eigenvalue weighted by atomic mass is 9.46. The van der Waals surface area contributed by atoms with Crippen molar-refractivity contribution in [1.82, 2.24) is 0 Å². The summed E-state index contributed by atoms with van der Waals surface area (Å²) in [5.41, 5.74) is 0.178. The first-order chi connectivity index (χ1) is 11.8. The van der Waals surface area contributed by atoms with E-state index in [2.05, 4.69) is 19.8 Å². The SMILES string of the molecule is C#C[C@]1(O)CCC2C3CCC4=CC(=O)C(CO)CC4(C)C3CCC21C. The molecule has 0 aliphatic heterocycles. The number of allylic oxidation sites excluding steroid dienone is 1. The van der Waals surface area contributed by atoms with Crippen molar-refractivity contribution in [3.63, 3.8) is 0 Å². The monoisotopic (exact) mass is 342 g/mol. The summed E-state index contributed by atoms with van der Waals surface area (Å²) in [5.74, 6) is 4.16. The average Bonchev–Trinajstić information content (AvgIpc) is 2.87. The predicted molar refractivity (Wildman–Crippen MR) is 96.5 cm³/mol. The van der Waals surface area contributed by atoms with Crippen molar-refractivity contribution in [2.24, 2.45) is 34.5 Å². The van der Waals surface area contributed by atoms with Crippen molar-refractivity contribution in [1.29, 1.82) is 0 Å². The Morgan fingerprint density at radius 2 is 1.96 bits per heavy atom. The second-order valence-electron chi connectivity index (χ2n) is 9.49. The molecule has 0 heterocycles. The Morgan fingerprint density at radius 3 is 2.64 bits per heavy atom. The van der Waals surface area contributed by atoms with Crippen molar-refractivity contribution in [3.8, 4) is 12.3 Å². The summed E-state index contributed by atoms with van der Waals surface area (Å²) in [6, 6.07) is 0. The van der Waals surface area contributed by atoms with E-state index in [1.165, 1.54) is 5.57 Å². The van der Waals surface area contributed by atoms with Crippen molar-refractivity contribution in [3.05, 3.63) is 11.6 Å². The van der Waals surface area contributed by atoms with E-state index < -0.39 is 5.60 Å². The van der Waals surface area contributed by atoms with Gasteiger partial charge in [-0.1, -0.05) is 25.3 Å². The lowest BCUT2D eigenvalue weighted by Gasteiger charge is -2.59. The quantitative estimate of drug-likeness (QED) is 0.720. The van der Waals surface area contributed by atoms with Crippen LogP contribution >= 0.6 is 0 Å². The highest BCUT2D eigenvalue weighted by Gasteiger charge is 2.63. The van der Waals surface area contributed by atoms with E-state index in [4.69, 9.17) is 6.42 Å². The number of rotatable bonds is 1. The third-order valence-corrected chi connectivity index (χ3v) is 8.74. The Bertz CT molecular complexity index is 673. The molecular weight excluding hydrogens is 312 g/mol. The van der Waals surface area contributed by atoms with Crippen LogP contribution in [0.25, 0.3) is 0 Å². The largest absolute Gasteiger partial charge is 0.396 e. The standard InChI is InChI=1S/C22H30O3/c1-4-22(25)10-8-18-16-6-5-15-11-19(24)14(13-23)12-20(15,2)17(16)7-9-21(18,22)3/h1,11,14,16-18,23,25H,5-10,12-13H2,2-3H3/t14?,16?,17?,18?,20?,21?,22-/m0/s1. The van der Waals surface area contributed by atoms with Gasteiger partial charge in [0.1, 0.15) is 5.60 Å². The summed E-state index contributed by atoms with van der Waals surface area (Å²) in [6.07, 6.45) is 14.2. The lowest BCUT2D eigenvalue weighted by Crippen LogP contribution is -2.55. The number of terminal acetylenes is 1. The fourth-order valence-corrected chi connectivity index (χ4v) is 7.16. The van der Waals surface area contributed by atoms with Gasteiger partial charge in [-0.2, -0.15) is 0 Å². The molecule has 0 aromatic carbocycles. The molecule has 0 aromatic rings. The lowest BCUT2D eigenvalue weighted by molar-refractivity contribution is -0.126. The molecular formula is C22H30O3. The van der Waals surface area contributed by atoms with Gasteiger partial charge in [-0.05, 0) is 74.2 Å². The third kappa shape index (κ3) is 2.10. The molecule has 4 aliphatic carbocycles. The Morgan fingerprint density at radius 1 is 1.24 bits per heavy atom. The van der Waals surface area contributed by atoms with Gasteiger partial charge in [0.2, 0.25) is 0 Å². The highest BCUT2D eigenvalue weighted by atomic mass is 16.3. The molecule has 0 amide bonds. The van der Waals surface area contributed by atoms with Crippen molar-refractivity contribution >= 4 is 5.78 Å². The topological polar surface area (TPSA) is 57.5 Å². The maximum absolute atomic E-state index is 12.2. The van der Waals surface area contributed by atoms with Crippen LogP contribution in [0.5, 0.6) is 0 Å². The van der Waals surface area contributed by atoms with Crippen molar-refractivity contribution in [2.75, 3.05) is 6.61 Å². The van der Waals surface area contributed by atoms with E-state index in [0.29, 0.717) is 24.2 Å². The van der Waals surface area contributed by atoms with Crippen LogP contribution in [-0.4, -0.2) is 28.2 Å². The normalized spacial score (nSPS) is 51.8. The van der Waals surface area contributed by atoms with Gasteiger partial charge in [0.25, 0.3) is 0 Å². The fourth-order valence-electron chi connectivity index (χ4n) is 7.16. The van der Waals surface area contributed by atoms with Crippen LogP contribution in [0.1, 0.15) is 58.8 Å². The van der Waals surface area contributed by atoms with Crippen molar-refractivity contribution in [2.45, 2.75) is 64.4 Å². The maximum Gasteiger partial charge on any atom is 0.161 e. The average molecular weight is 342 g/mol. The van der Waals surface area contributed by atoms with E-state index in [1.807, 2.05) is 6.08 Å². The zero-order valence-corrected chi connectivity index (χ0v) is 15.4. The Kier molecular flexibility index (Phi) is 3.77. The number of hydrogen-bond donors (Lipinski definition) is 2. The van der Waals surface area contributed by atoms with Crippen LogP contribution in [0.4, 0.5) is 0 Å². The van der Waals surface area contributed by atoms with E-state index in [9.17, 15) is 15.0 Å². The second-order valence-corrected chi connectivity index (χ2v) is 9.49. The first-order valence-electron chi connectivity index (χ1n) is 9.85. The molecule has 6 unspecified atom stereocenters. The molecule has 0 aromatic heterocycles. The minimum atomic E-state index is -0.962. The van der Waals surface area contributed by atoms with Gasteiger partial charge < -0.3 is 10.2 Å². The molecule has 7 atom stereocenters.